The quantitative estimate of drug-likeness (QED) is 0.792. The molecule has 0 saturated heterocycles. The molecular formula is C15H16ClNO3. The second kappa shape index (κ2) is 6.50. The first kappa shape index (κ1) is 14.5. The largest absolute Gasteiger partial charge is 0.504 e. The van der Waals surface area contributed by atoms with Gasteiger partial charge in [0.1, 0.15) is 0 Å². The van der Waals surface area contributed by atoms with E-state index < -0.39 is 0 Å². The molecule has 2 aromatic carbocycles. The summed E-state index contributed by atoms with van der Waals surface area (Å²) in [5.74, 6) is 0.538. The summed E-state index contributed by atoms with van der Waals surface area (Å²) in [6, 6.07) is 10.6. The first-order chi connectivity index (χ1) is 9.65. The first-order valence-electron chi connectivity index (χ1n) is 6.13. The Balaban J connectivity index is 2.16. The fraction of sp³-hybridized carbons (Fsp3) is 0.200. The van der Waals surface area contributed by atoms with Crippen LogP contribution in [0, 0.1) is 0 Å². The van der Waals surface area contributed by atoms with Gasteiger partial charge in [-0.2, -0.15) is 0 Å². The number of benzene rings is 2. The molecule has 0 amide bonds. The minimum absolute atomic E-state index is 0.0454. The number of para-hydroxylation sites is 1. The van der Waals surface area contributed by atoms with E-state index >= 15 is 0 Å². The lowest BCUT2D eigenvalue weighted by Gasteiger charge is -2.12. The third-order valence-corrected chi connectivity index (χ3v) is 3.31. The molecule has 2 rings (SSSR count). The summed E-state index contributed by atoms with van der Waals surface area (Å²) >= 11 is 6.09. The van der Waals surface area contributed by atoms with Gasteiger partial charge in [-0.25, -0.2) is 0 Å². The normalized spacial score (nSPS) is 10.3. The van der Waals surface area contributed by atoms with Gasteiger partial charge in [-0.1, -0.05) is 29.8 Å². The average Bonchev–Trinajstić information content (AvgIpc) is 2.47. The van der Waals surface area contributed by atoms with E-state index in [9.17, 15) is 5.11 Å². The Hall–Kier alpha value is -1.91. The van der Waals surface area contributed by atoms with Crippen LogP contribution in [0.3, 0.4) is 0 Å². The standard InChI is InChI=1S/C15H16ClNO3/c1-20-14-4-2-3-11(15(14)19)8-17-13-7-10(9-18)5-6-12(13)16/h2-7,17-19H,8-9H2,1H3. The van der Waals surface area contributed by atoms with Crippen molar-refractivity contribution < 1.29 is 14.9 Å². The van der Waals surface area contributed by atoms with Gasteiger partial charge in [-0.05, 0) is 23.8 Å². The zero-order valence-electron chi connectivity index (χ0n) is 11.1. The number of hydrogen-bond acceptors (Lipinski definition) is 4. The maximum absolute atomic E-state index is 10.00. The van der Waals surface area contributed by atoms with Crippen LogP contribution in [0.4, 0.5) is 5.69 Å². The Morgan fingerprint density at radius 3 is 2.75 bits per heavy atom. The van der Waals surface area contributed by atoms with E-state index in [1.807, 2.05) is 0 Å². The van der Waals surface area contributed by atoms with Crippen molar-refractivity contribution in [2.75, 3.05) is 12.4 Å². The number of halogens is 1. The second-order valence-corrected chi connectivity index (χ2v) is 4.70. The molecule has 106 valence electrons. The van der Waals surface area contributed by atoms with Gasteiger partial charge in [0.2, 0.25) is 0 Å². The van der Waals surface area contributed by atoms with Crippen LogP contribution in [-0.2, 0) is 13.2 Å². The van der Waals surface area contributed by atoms with Crippen molar-refractivity contribution >= 4 is 17.3 Å². The van der Waals surface area contributed by atoms with Crippen molar-refractivity contribution in [1.29, 1.82) is 0 Å². The molecule has 20 heavy (non-hydrogen) atoms. The summed E-state index contributed by atoms with van der Waals surface area (Å²) in [6.45, 7) is 0.355. The van der Waals surface area contributed by atoms with E-state index in [1.165, 1.54) is 7.11 Å². The molecule has 0 aliphatic rings. The minimum Gasteiger partial charge on any atom is -0.504 e. The molecule has 0 aromatic heterocycles. The lowest BCUT2D eigenvalue weighted by molar-refractivity contribution is 0.282. The van der Waals surface area contributed by atoms with E-state index in [2.05, 4.69) is 5.32 Å². The fourth-order valence-corrected chi connectivity index (χ4v) is 2.06. The van der Waals surface area contributed by atoms with Gasteiger partial charge in [-0.15, -0.1) is 0 Å². The number of aromatic hydroxyl groups is 1. The summed E-state index contributed by atoms with van der Waals surface area (Å²) < 4.78 is 5.06. The Labute approximate surface area is 122 Å². The summed E-state index contributed by atoms with van der Waals surface area (Å²) in [5, 5.41) is 22.8. The van der Waals surface area contributed by atoms with Crippen LogP contribution in [0.5, 0.6) is 11.5 Å². The molecule has 0 saturated carbocycles. The molecule has 4 nitrogen and oxygen atoms in total. The lowest BCUT2D eigenvalue weighted by Crippen LogP contribution is -2.01. The minimum atomic E-state index is -0.0454. The monoisotopic (exact) mass is 293 g/mol. The molecule has 5 heteroatoms. The highest BCUT2D eigenvalue weighted by Gasteiger charge is 2.08. The predicted molar refractivity (Wildman–Crippen MR) is 79.4 cm³/mol. The molecule has 0 bridgehead atoms. The summed E-state index contributed by atoms with van der Waals surface area (Å²) in [5.41, 5.74) is 2.18. The number of phenols is 1. The zero-order chi connectivity index (χ0) is 14.5. The smallest absolute Gasteiger partial charge is 0.162 e. The van der Waals surface area contributed by atoms with Crippen LogP contribution in [0.15, 0.2) is 36.4 Å². The molecule has 0 aliphatic carbocycles. The van der Waals surface area contributed by atoms with Crippen molar-refractivity contribution in [2.45, 2.75) is 13.2 Å². The number of anilines is 1. The topological polar surface area (TPSA) is 61.7 Å². The Morgan fingerprint density at radius 1 is 1.25 bits per heavy atom. The van der Waals surface area contributed by atoms with Crippen molar-refractivity contribution in [2.24, 2.45) is 0 Å². The summed E-state index contributed by atoms with van der Waals surface area (Å²) in [6.07, 6.45) is 0. The van der Waals surface area contributed by atoms with Crippen LogP contribution in [0.2, 0.25) is 5.02 Å². The Morgan fingerprint density at radius 2 is 2.05 bits per heavy atom. The van der Waals surface area contributed by atoms with Crippen LogP contribution in [-0.4, -0.2) is 17.3 Å². The van der Waals surface area contributed by atoms with Crippen LogP contribution in [0.1, 0.15) is 11.1 Å². The van der Waals surface area contributed by atoms with Crippen molar-refractivity contribution in [3.8, 4) is 11.5 Å². The van der Waals surface area contributed by atoms with Gasteiger partial charge in [-0.3, -0.25) is 0 Å². The summed E-state index contributed by atoms with van der Waals surface area (Å²) in [4.78, 5) is 0. The second-order valence-electron chi connectivity index (χ2n) is 4.29. The Bertz CT molecular complexity index is 600. The van der Waals surface area contributed by atoms with Gasteiger partial charge in [0.25, 0.3) is 0 Å². The molecule has 2 aromatic rings. The SMILES string of the molecule is COc1cccc(CNc2cc(CO)ccc2Cl)c1O. The molecule has 0 radical (unpaired) electrons. The first-order valence-corrected chi connectivity index (χ1v) is 6.51. The highest BCUT2D eigenvalue weighted by atomic mass is 35.5. The Kier molecular flexibility index (Phi) is 4.71. The number of hydrogen-bond donors (Lipinski definition) is 3. The molecule has 3 N–H and O–H groups in total. The van der Waals surface area contributed by atoms with Crippen LogP contribution >= 0.6 is 11.6 Å². The fourth-order valence-electron chi connectivity index (χ4n) is 1.87. The highest BCUT2D eigenvalue weighted by Crippen LogP contribution is 2.31. The van der Waals surface area contributed by atoms with Crippen LogP contribution < -0.4 is 10.1 Å². The number of rotatable bonds is 5. The number of aliphatic hydroxyl groups excluding tert-OH is 1. The number of methoxy groups -OCH3 is 1. The van der Waals surface area contributed by atoms with Crippen molar-refractivity contribution in [3.05, 3.63) is 52.5 Å². The maximum atomic E-state index is 10.00. The molecule has 0 heterocycles. The van der Waals surface area contributed by atoms with Gasteiger partial charge in [0.05, 0.1) is 24.4 Å². The molecule has 0 unspecified atom stereocenters. The lowest BCUT2D eigenvalue weighted by atomic mass is 10.1. The van der Waals surface area contributed by atoms with Gasteiger partial charge in [0.15, 0.2) is 11.5 Å². The molecule has 0 spiro atoms. The number of aliphatic hydroxyl groups is 1. The van der Waals surface area contributed by atoms with E-state index in [0.29, 0.717) is 28.6 Å². The van der Waals surface area contributed by atoms with Gasteiger partial charge in [0, 0.05) is 12.1 Å². The number of phenolic OH excluding ortho intramolecular Hbond substituents is 1. The van der Waals surface area contributed by atoms with E-state index in [1.54, 1.807) is 36.4 Å². The van der Waals surface area contributed by atoms with Gasteiger partial charge >= 0.3 is 0 Å². The van der Waals surface area contributed by atoms with E-state index in [0.717, 1.165) is 5.56 Å². The number of ether oxygens (including phenoxy) is 1. The van der Waals surface area contributed by atoms with Crippen molar-refractivity contribution in [1.82, 2.24) is 0 Å². The maximum Gasteiger partial charge on any atom is 0.162 e. The highest BCUT2D eigenvalue weighted by molar-refractivity contribution is 6.33. The summed E-state index contributed by atoms with van der Waals surface area (Å²) in [7, 11) is 1.51. The van der Waals surface area contributed by atoms with Gasteiger partial charge < -0.3 is 20.3 Å². The molecular weight excluding hydrogens is 278 g/mol. The predicted octanol–water partition coefficient (Wildman–Crippen LogP) is 3.16. The number of nitrogens with one attached hydrogen (secondary N) is 1. The molecule has 0 aliphatic heterocycles. The molecule has 0 fully saturated rings. The molecule has 0 atom stereocenters. The third-order valence-electron chi connectivity index (χ3n) is 2.99. The van der Waals surface area contributed by atoms with Crippen molar-refractivity contribution in [3.63, 3.8) is 0 Å². The average molecular weight is 294 g/mol. The third kappa shape index (κ3) is 3.15. The van der Waals surface area contributed by atoms with Crippen LogP contribution in [0.25, 0.3) is 0 Å². The van der Waals surface area contributed by atoms with E-state index in [-0.39, 0.29) is 12.4 Å². The van der Waals surface area contributed by atoms with E-state index in [4.69, 9.17) is 21.4 Å². The zero-order valence-corrected chi connectivity index (χ0v) is 11.8.